The van der Waals surface area contributed by atoms with Crippen molar-refractivity contribution in [2.24, 2.45) is 7.05 Å². The minimum atomic E-state index is -4.43. The summed E-state index contributed by atoms with van der Waals surface area (Å²) < 4.78 is 46.4. The number of hydrogen-bond donors (Lipinski definition) is 0. The van der Waals surface area contributed by atoms with Gasteiger partial charge in [0.05, 0.1) is 5.56 Å². The number of hydrogen-bond acceptors (Lipinski definition) is 0. The molecule has 35 heavy (non-hydrogen) atoms. The van der Waals surface area contributed by atoms with Crippen LogP contribution < -0.4 is 4.57 Å². The number of rotatable bonds is 1. The molecule has 0 unspecified atom stereocenters. The van der Waals surface area contributed by atoms with E-state index in [4.69, 9.17) is 0 Å². The lowest BCUT2D eigenvalue weighted by molar-refractivity contribution is -0.660. The average molecular weight is 471 g/mol. The first kappa shape index (κ1) is 22.1. The summed E-state index contributed by atoms with van der Waals surface area (Å²) >= 11 is 0. The summed E-state index contributed by atoms with van der Waals surface area (Å²) in [6, 6.07) is 14.1. The smallest absolute Gasteiger partial charge is 0.201 e. The van der Waals surface area contributed by atoms with Crippen LogP contribution in [-0.2, 0) is 26.1 Å². The third-order valence-corrected chi connectivity index (χ3v) is 7.99. The van der Waals surface area contributed by atoms with Gasteiger partial charge in [-0.15, -0.1) is 0 Å². The van der Waals surface area contributed by atoms with Crippen molar-refractivity contribution in [1.29, 1.82) is 0 Å². The molecular formula is C31H27F3N+. The van der Waals surface area contributed by atoms with Crippen molar-refractivity contribution >= 4 is 0 Å². The van der Waals surface area contributed by atoms with E-state index < -0.39 is 11.7 Å². The highest BCUT2D eigenvalue weighted by atomic mass is 19.4. The first-order valence-corrected chi connectivity index (χ1v) is 12.0. The van der Waals surface area contributed by atoms with Crippen LogP contribution in [0, 0.1) is 27.7 Å². The Morgan fingerprint density at radius 2 is 1.51 bits per heavy atom. The minimum Gasteiger partial charge on any atom is -0.201 e. The molecule has 0 radical (unpaired) electrons. The molecule has 0 saturated heterocycles. The Hall–Kier alpha value is -3.40. The number of halogens is 3. The number of fused-ring (bicyclic) bond motifs is 6. The van der Waals surface area contributed by atoms with E-state index in [0.717, 1.165) is 55.8 Å². The van der Waals surface area contributed by atoms with Crippen LogP contribution >= 0.6 is 0 Å². The van der Waals surface area contributed by atoms with Crippen LogP contribution in [0.3, 0.4) is 0 Å². The zero-order chi connectivity index (χ0) is 24.8. The predicted molar refractivity (Wildman–Crippen MR) is 133 cm³/mol. The Bertz CT molecular complexity index is 1570. The summed E-state index contributed by atoms with van der Waals surface area (Å²) in [6.07, 6.45) is -1.69. The number of pyridine rings is 1. The number of benzene rings is 3. The second-order valence-electron chi connectivity index (χ2n) is 10.2. The van der Waals surface area contributed by atoms with Gasteiger partial charge in [-0.3, -0.25) is 0 Å². The van der Waals surface area contributed by atoms with E-state index in [1.807, 2.05) is 50.5 Å². The number of nitrogens with zero attached hydrogens (tertiary/aromatic N) is 1. The molecule has 6 rings (SSSR count). The van der Waals surface area contributed by atoms with E-state index >= 15 is 0 Å². The Morgan fingerprint density at radius 3 is 2.26 bits per heavy atom. The van der Waals surface area contributed by atoms with Gasteiger partial charge in [0.1, 0.15) is 7.05 Å². The lowest BCUT2D eigenvalue weighted by Crippen LogP contribution is -2.32. The van der Waals surface area contributed by atoms with Crippen molar-refractivity contribution < 1.29 is 17.7 Å². The summed E-state index contributed by atoms with van der Waals surface area (Å²) in [5.41, 5.74) is 12.2. The van der Waals surface area contributed by atoms with Crippen LogP contribution in [0.1, 0.15) is 50.1 Å². The highest BCUT2D eigenvalue weighted by molar-refractivity contribution is 5.91. The van der Waals surface area contributed by atoms with Gasteiger partial charge in [-0.05, 0) is 102 Å². The minimum absolute atomic E-state index is 0.332. The molecule has 4 heteroatoms. The molecule has 176 valence electrons. The van der Waals surface area contributed by atoms with E-state index in [-0.39, 0.29) is 0 Å². The van der Waals surface area contributed by atoms with Crippen LogP contribution in [0.2, 0.25) is 0 Å². The molecule has 0 bridgehead atoms. The molecule has 2 aliphatic rings. The topological polar surface area (TPSA) is 3.88 Å². The van der Waals surface area contributed by atoms with Gasteiger partial charge in [-0.25, -0.2) is 4.57 Å². The maximum atomic E-state index is 14.8. The van der Waals surface area contributed by atoms with Gasteiger partial charge in [-0.2, -0.15) is 13.2 Å². The monoisotopic (exact) mass is 470 g/mol. The zero-order valence-corrected chi connectivity index (χ0v) is 20.6. The first-order valence-electron chi connectivity index (χ1n) is 12.0. The van der Waals surface area contributed by atoms with Crippen molar-refractivity contribution in [2.75, 3.05) is 0 Å². The van der Waals surface area contributed by atoms with Gasteiger partial charge in [0.25, 0.3) is 0 Å². The maximum absolute atomic E-state index is 14.8. The van der Waals surface area contributed by atoms with Crippen LogP contribution in [-0.4, -0.2) is 0 Å². The molecule has 1 nitrogen and oxygen atoms in total. The molecule has 0 spiro atoms. The normalized spacial score (nSPS) is 13.5. The molecule has 3 aromatic carbocycles. The van der Waals surface area contributed by atoms with Gasteiger partial charge in [0.2, 0.25) is 5.69 Å². The number of alkyl halides is 3. The summed E-state index contributed by atoms with van der Waals surface area (Å²) in [6.45, 7) is 8.25. The third-order valence-electron chi connectivity index (χ3n) is 7.99. The molecule has 1 aromatic heterocycles. The molecule has 2 aliphatic carbocycles. The molecule has 0 aliphatic heterocycles. The van der Waals surface area contributed by atoms with Gasteiger partial charge < -0.3 is 0 Å². The quantitative estimate of drug-likeness (QED) is 0.218. The lowest BCUT2D eigenvalue weighted by atomic mass is 9.90. The molecule has 0 atom stereocenters. The van der Waals surface area contributed by atoms with Crippen molar-refractivity contribution in [1.82, 2.24) is 0 Å². The SMILES string of the molecule is Cc1cc(C)c(C)c(-c2c3c(cc[n+]2C)-c2c(cc4c(c2C(F)(F)F)Cc2c(C)cccc2-4)C3)c1. The van der Waals surface area contributed by atoms with Crippen LogP contribution in [0.5, 0.6) is 0 Å². The van der Waals surface area contributed by atoms with Crippen molar-refractivity contribution in [3.8, 4) is 33.5 Å². The molecule has 4 aromatic rings. The fraction of sp³-hybridized carbons (Fsp3) is 0.258. The average Bonchev–Trinajstić information content (AvgIpc) is 3.33. The highest BCUT2D eigenvalue weighted by Crippen LogP contribution is 2.53. The standard InChI is InChI=1S/C31H27F3N/c1-16-11-18(3)19(4)24(12-16)30-27-14-20-13-25-21-8-6-7-17(2)23(21)15-26(25)29(31(32,33)34)28(20)22(27)9-10-35(30)5/h6-13H,14-15H2,1-5H3/q+1. The summed E-state index contributed by atoms with van der Waals surface area (Å²) in [5, 5.41) is 0. The highest BCUT2D eigenvalue weighted by Gasteiger charge is 2.44. The van der Waals surface area contributed by atoms with E-state index in [2.05, 4.69) is 37.5 Å². The largest absolute Gasteiger partial charge is 0.417 e. The molecule has 0 N–H and O–H groups in total. The Balaban J connectivity index is 1.66. The van der Waals surface area contributed by atoms with E-state index in [1.54, 1.807) is 0 Å². The lowest BCUT2D eigenvalue weighted by Gasteiger charge is -2.18. The maximum Gasteiger partial charge on any atom is 0.417 e. The Labute approximate surface area is 203 Å². The number of aryl methyl sites for hydroxylation is 4. The van der Waals surface area contributed by atoms with Crippen LogP contribution in [0.25, 0.3) is 33.5 Å². The second kappa shape index (κ2) is 7.30. The second-order valence-corrected chi connectivity index (χ2v) is 10.2. The molecule has 0 amide bonds. The first-order chi connectivity index (χ1) is 16.6. The fourth-order valence-electron chi connectivity index (χ4n) is 6.27. The van der Waals surface area contributed by atoms with Crippen molar-refractivity contribution in [3.05, 3.63) is 98.7 Å². The Kier molecular flexibility index (Phi) is 4.61. The fourth-order valence-corrected chi connectivity index (χ4v) is 6.27. The van der Waals surface area contributed by atoms with Crippen LogP contribution in [0.4, 0.5) is 13.2 Å². The van der Waals surface area contributed by atoms with E-state index in [9.17, 15) is 13.2 Å². The van der Waals surface area contributed by atoms with Crippen molar-refractivity contribution in [2.45, 2.75) is 46.7 Å². The molecule has 0 fully saturated rings. The van der Waals surface area contributed by atoms with Gasteiger partial charge in [-0.1, -0.05) is 29.8 Å². The summed E-state index contributed by atoms with van der Waals surface area (Å²) in [7, 11) is 1.99. The molecular weight excluding hydrogens is 443 g/mol. The van der Waals surface area contributed by atoms with E-state index in [0.29, 0.717) is 24.0 Å². The van der Waals surface area contributed by atoms with Gasteiger partial charge >= 0.3 is 6.18 Å². The van der Waals surface area contributed by atoms with Gasteiger partial charge in [0.15, 0.2) is 6.20 Å². The zero-order valence-electron chi connectivity index (χ0n) is 20.6. The van der Waals surface area contributed by atoms with Crippen LogP contribution in [0.15, 0.2) is 48.7 Å². The third kappa shape index (κ3) is 3.12. The predicted octanol–water partition coefficient (Wildman–Crippen LogP) is 7.57. The van der Waals surface area contributed by atoms with E-state index in [1.165, 1.54) is 11.1 Å². The van der Waals surface area contributed by atoms with Gasteiger partial charge in [0, 0.05) is 23.6 Å². The summed E-state index contributed by atoms with van der Waals surface area (Å²) in [5.74, 6) is 0. The molecule has 1 heterocycles. The number of aromatic nitrogens is 1. The van der Waals surface area contributed by atoms with Crippen molar-refractivity contribution in [3.63, 3.8) is 0 Å². The Morgan fingerprint density at radius 1 is 0.743 bits per heavy atom. The summed E-state index contributed by atoms with van der Waals surface area (Å²) in [4.78, 5) is 0. The molecule has 0 saturated carbocycles.